The Labute approximate surface area is 208 Å². The maximum absolute atomic E-state index is 14.5. The topological polar surface area (TPSA) is 97.3 Å². The van der Waals surface area contributed by atoms with Crippen LogP contribution >= 0.6 is 0 Å². The van der Waals surface area contributed by atoms with Gasteiger partial charge in [0.15, 0.2) is 5.89 Å². The third-order valence-corrected chi connectivity index (χ3v) is 7.20. The number of nitrogens with zero attached hydrogens (tertiary/aromatic N) is 3. The lowest BCUT2D eigenvalue weighted by Gasteiger charge is -2.28. The largest absolute Gasteiger partial charge is 0.449 e. The fourth-order valence-corrected chi connectivity index (χ4v) is 5.38. The van der Waals surface area contributed by atoms with Gasteiger partial charge < -0.3 is 20.4 Å². The van der Waals surface area contributed by atoms with Gasteiger partial charge >= 0.3 is 0 Å². The zero-order valence-corrected chi connectivity index (χ0v) is 19.9. The van der Waals surface area contributed by atoms with Crippen molar-refractivity contribution in [2.45, 2.75) is 56.5 Å². The molecule has 3 N–H and O–H groups in total. The number of rotatable bonds is 6. The van der Waals surface area contributed by atoms with Gasteiger partial charge in [0.05, 0.1) is 23.5 Å². The van der Waals surface area contributed by atoms with E-state index in [2.05, 4.69) is 15.3 Å². The van der Waals surface area contributed by atoms with E-state index < -0.39 is 11.6 Å². The molecule has 9 heteroatoms. The number of anilines is 1. The minimum atomic E-state index is -0.465. The van der Waals surface area contributed by atoms with Crippen molar-refractivity contribution in [1.29, 1.82) is 0 Å². The monoisotopic (exact) mass is 493 g/mol. The number of carbonyl (C=O) groups is 1. The molecular formula is C27H29F2N5O2. The fraction of sp³-hybridized carbons (Fsp3) is 0.370. The zero-order chi connectivity index (χ0) is 25.1. The lowest BCUT2D eigenvalue weighted by molar-refractivity contribution is -0.116. The molecule has 3 heterocycles. The van der Waals surface area contributed by atoms with Gasteiger partial charge in [-0.3, -0.25) is 9.78 Å². The highest BCUT2D eigenvalue weighted by Crippen LogP contribution is 2.38. The van der Waals surface area contributed by atoms with E-state index in [4.69, 9.17) is 10.2 Å². The third kappa shape index (κ3) is 4.96. The van der Waals surface area contributed by atoms with Crippen molar-refractivity contribution < 1.29 is 18.0 Å². The summed E-state index contributed by atoms with van der Waals surface area (Å²) in [6.45, 7) is 0.686. The molecule has 2 aromatic heterocycles. The first-order valence-electron chi connectivity index (χ1n) is 12.3. The molecule has 0 spiro atoms. The molecule has 0 radical (unpaired) electrons. The molecule has 2 fully saturated rings. The average Bonchev–Trinajstić information content (AvgIpc) is 3.59. The van der Waals surface area contributed by atoms with Crippen molar-refractivity contribution in [3.8, 4) is 0 Å². The van der Waals surface area contributed by atoms with Gasteiger partial charge in [-0.1, -0.05) is 0 Å². The van der Waals surface area contributed by atoms with Crippen LogP contribution in [0.4, 0.5) is 14.5 Å². The molecule has 1 aliphatic heterocycles. The summed E-state index contributed by atoms with van der Waals surface area (Å²) >= 11 is 0. The highest BCUT2D eigenvalue weighted by Gasteiger charge is 2.30. The average molecular weight is 494 g/mol. The first-order valence-corrected chi connectivity index (χ1v) is 12.3. The lowest BCUT2D eigenvalue weighted by Crippen LogP contribution is -2.38. The smallest absolute Gasteiger partial charge is 0.255 e. The zero-order valence-electron chi connectivity index (χ0n) is 19.9. The van der Waals surface area contributed by atoms with Crippen molar-refractivity contribution >= 4 is 17.2 Å². The van der Waals surface area contributed by atoms with Crippen LogP contribution in [-0.2, 0) is 4.79 Å². The van der Waals surface area contributed by atoms with Crippen LogP contribution in [0.3, 0.4) is 0 Å². The van der Waals surface area contributed by atoms with Crippen LogP contribution in [0.15, 0.2) is 59.6 Å². The van der Waals surface area contributed by atoms with Crippen molar-refractivity contribution in [2.24, 2.45) is 5.73 Å². The Morgan fingerprint density at radius 1 is 1.08 bits per heavy atom. The highest BCUT2D eigenvalue weighted by atomic mass is 19.1. The van der Waals surface area contributed by atoms with Crippen molar-refractivity contribution in [3.05, 3.63) is 84.0 Å². The quantitative estimate of drug-likeness (QED) is 0.478. The summed E-state index contributed by atoms with van der Waals surface area (Å²) in [6.07, 6.45) is 11.1. The molecule has 1 amide bonds. The van der Waals surface area contributed by atoms with Gasteiger partial charge in [0.2, 0.25) is 0 Å². The second-order valence-electron chi connectivity index (χ2n) is 9.39. The summed E-state index contributed by atoms with van der Waals surface area (Å²) < 4.78 is 33.8. The van der Waals surface area contributed by atoms with E-state index in [-0.39, 0.29) is 29.5 Å². The van der Waals surface area contributed by atoms with E-state index in [9.17, 15) is 13.6 Å². The molecular weight excluding hydrogens is 464 g/mol. The van der Waals surface area contributed by atoms with E-state index in [1.54, 1.807) is 24.7 Å². The summed E-state index contributed by atoms with van der Waals surface area (Å²) in [7, 11) is 0. The van der Waals surface area contributed by atoms with Crippen LogP contribution in [0.2, 0.25) is 0 Å². The Hall–Kier alpha value is -3.75. The minimum Gasteiger partial charge on any atom is -0.449 e. The van der Waals surface area contributed by atoms with Crippen LogP contribution in [0.25, 0.3) is 5.57 Å². The molecule has 1 saturated carbocycles. The van der Waals surface area contributed by atoms with Crippen molar-refractivity contribution in [1.82, 2.24) is 15.3 Å². The van der Waals surface area contributed by atoms with E-state index in [0.29, 0.717) is 24.2 Å². The number of aromatic nitrogens is 2. The molecule has 2 aliphatic rings. The summed E-state index contributed by atoms with van der Waals surface area (Å²) in [6, 6.07) is 6.88. The van der Waals surface area contributed by atoms with Gasteiger partial charge in [-0.2, -0.15) is 0 Å². The maximum Gasteiger partial charge on any atom is 0.255 e. The molecule has 1 saturated heterocycles. The van der Waals surface area contributed by atoms with Crippen LogP contribution < -0.4 is 16.0 Å². The van der Waals surface area contributed by atoms with Gasteiger partial charge in [0, 0.05) is 42.2 Å². The predicted molar refractivity (Wildman–Crippen MR) is 132 cm³/mol. The summed E-state index contributed by atoms with van der Waals surface area (Å²) in [5.74, 6) is -0.153. The predicted octanol–water partition coefficient (Wildman–Crippen LogP) is 4.83. The number of carbonyl (C=O) groups excluding carboxylic acids is 1. The molecule has 1 atom stereocenters. The number of hydrogen-bond donors (Lipinski definition) is 2. The second kappa shape index (κ2) is 10.5. The van der Waals surface area contributed by atoms with Crippen LogP contribution in [0.1, 0.15) is 67.6 Å². The van der Waals surface area contributed by atoms with Gasteiger partial charge in [0.25, 0.3) is 5.91 Å². The Morgan fingerprint density at radius 2 is 1.92 bits per heavy atom. The van der Waals surface area contributed by atoms with E-state index >= 15 is 0 Å². The number of amides is 1. The molecule has 1 aliphatic carbocycles. The number of nitrogens with two attached hydrogens (primary N) is 1. The van der Waals surface area contributed by atoms with Gasteiger partial charge in [-0.15, -0.1) is 0 Å². The molecule has 36 heavy (non-hydrogen) atoms. The van der Waals surface area contributed by atoms with Gasteiger partial charge in [-0.05, 0) is 68.9 Å². The third-order valence-electron chi connectivity index (χ3n) is 7.20. The number of nitrogens with one attached hydrogen (secondary N) is 1. The molecule has 5 rings (SSSR count). The summed E-state index contributed by atoms with van der Waals surface area (Å²) in [5, 5.41) is 3.09. The molecule has 3 aromatic rings. The van der Waals surface area contributed by atoms with E-state index in [0.717, 1.165) is 55.8 Å². The second-order valence-corrected chi connectivity index (χ2v) is 9.39. The first kappa shape index (κ1) is 24.0. The summed E-state index contributed by atoms with van der Waals surface area (Å²) in [5.41, 5.74) is 7.69. The fourth-order valence-electron chi connectivity index (χ4n) is 5.38. The van der Waals surface area contributed by atoms with E-state index in [1.165, 1.54) is 12.3 Å². The number of oxazole rings is 1. The Balaban J connectivity index is 1.28. The standard InChI is InChI=1S/C27H29F2N5O2/c28-18-5-8-23(29)21(14-18)25-2-1-12-34(25)20-9-10-31-24(15-20)22(16-30)26(35)33-19-6-3-17(4-7-19)27-32-11-13-36-27/h5,8-11,13-17,19,25H,1-4,6-7,12,30H2,(H,33,35)/b22-16+/t17?,19?,25-/m1/s1. The number of halogens is 2. The first-order chi connectivity index (χ1) is 17.5. The normalized spacial score (nSPS) is 22.6. The lowest BCUT2D eigenvalue weighted by atomic mass is 9.86. The SMILES string of the molecule is N/C=C(/C(=O)NC1CCC(c2ncco2)CC1)c1cc(N2CCC[C@@H]2c2cc(F)ccc2F)ccn1. The molecule has 1 aromatic carbocycles. The number of hydrogen-bond acceptors (Lipinski definition) is 6. The molecule has 0 bridgehead atoms. The minimum absolute atomic E-state index is 0.0285. The van der Waals surface area contributed by atoms with Crippen LogP contribution in [-0.4, -0.2) is 28.5 Å². The summed E-state index contributed by atoms with van der Waals surface area (Å²) in [4.78, 5) is 23.8. The van der Waals surface area contributed by atoms with E-state index in [1.807, 2.05) is 11.0 Å². The van der Waals surface area contributed by atoms with Crippen LogP contribution in [0.5, 0.6) is 0 Å². The molecule has 188 valence electrons. The number of pyridine rings is 1. The number of benzene rings is 1. The Kier molecular flexibility index (Phi) is 6.97. The van der Waals surface area contributed by atoms with Crippen molar-refractivity contribution in [2.75, 3.05) is 11.4 Å². The Bertz CT molecular complexity index is 1240. The highest BCUT2D eigenvalue weighted by molar-refractivity contribution is 6.19. The van der Waals surface area contributed by atoms with Crippen molar-refractivity contribution in [3.63, 3.8) is 0 Å². The molecule has 7 nitrogen and oxygen atoms in total. The van der Waals surface area contributed by atoms with Crippen LogP contribution in [0, 0.1) is 11.6 Å². The molecule has 0 unspecified atom stereocenters. The maximum atomic E-state index is 14.5. The van der Waals surface area contributed by atoms with Gasteiger partial charge in [-0.25, -0.2) is 13.8 Å². The Morgan fingerprint density at radius 3 is 2.67 bits per heavy atom. The van der Waals surface area contributed by atoms with Gasteiger partial charge in [0.1, 0.15) is 17.9 Å².